The summed E-state index contributed by atoms with van der Waals surface area (Å²) < 4.78 is 2.57. The maximum atomic E-state index is 3.71. The zero-order valence-corrected chi connectivity index (χ0v) is 14.6. The zero-order chi connectivity index (χ0) is 13.0. The summed E-state index contributed by atoms with van der Waals surface area (Å²) in [5, 5.41) is 3.71. The molecule has 1 fully saturated rings. The molecule has 18 heavy (non-hydrogen) atoms. The topological polar surface area (TPSA) is 12.0 Å². The molecule has 0 aliphatic heterocycles. The minimum Gasteiger partial charge on any atom is -0.310 e. The minimum absolute atomic E-state index is 0.528. The highest BCUT2D eigenvalue weighted by atomic mass is 127. The lowest BCUT2D eigenvalue weighted by molar-refractivity contribution is 0.274. The first kappa shape index (κ1) is 14.8. The van der Waals surface area contributed by atoms with E-state index in [2.05, 4.69) is 69.0 Å². The van der Waals surface area contributed by atoms with Gasteiger partial charge in [0.25, 0.3) is 0 Å². The molecule has 0 saturated heterocycles. The van der Waals surface area contributed by atoms with Crippen LogP contribution in [0.3, 0.4) is 0 Å². The van der Waals surface area contributed by atoms with Crippen molar-refractivity contribution in [1.82, 2.24) is 5.32 Å². The molecule has 3 heteroatoms. The third kappa shape index (κ3) is 3.70. The average Bonchev–Trinajstić information content (AvgIpc) is 2.40. The highest BCUT2D eigenvalue weighted by molar-refractivity contribution is 14.1. The molecular formula is C15H21BrIN. The second-order valence-corrected chi connectivity index (χ2v) is 7.18. The molecule has 1 saturated carbocycles. The molecule has 100 valence electrons. The quantitative estimate of drug-likeness (QED) is 0.651. The second kappa shape index (κ2) is 7.25. The highest BCUT2D eigenvalue weighted by Gasteiger charge is 2.25. The Morgan fingerprint density at radius 3 is 2.72 bits per heavy atom. The van der Waals surface area contributed by atoms with Crippen LogP contribution in [0.4, 0.5) is 0 Å². The Hall–Kier alpha value is 0.390. The van der Waals surface area contributed by atoms with Gasteiger partial charge in [-0.25, -0.2) is 0 Å². The van der Waals surface area contributed by atoms with Crippen LogP contribution in [0.2, 0.25) is 0 Å². The average molecular weight is 422 g/mol. The summed E-state index contributed by atoms with van der Waals surface area (Å²) in [6.07, 6.45) is 6.97. The van der Waals surface area contributed by atoms with Gasteiger partial charge in [-0.05, 0) is 71.7 Å². The van der Waals surface area contributed by atoms with Gasteiger partial charge in [0, 0.05) is 14.1 Å². The maximum Gasteiger partial charge on any atom is 0.0359 e. The van der Waals surface area contributed by atoms with E-state index in [1.165, 1.54) is 45.7 Å². The van der Waals surface area contributed by atoms with Gasteiger partial charge in [0.05, 0.1) is 0 Å². The van der Waals surface area contributed by atoms with Gasteiger partial charge in [-0.15, -0.1) is 0 Å². The van der Waals surface area contributed by atoms with E-state index in [9.17, 15) is 0 Å². The van der Waals surface area contributed by atoms with Crippen molar-refractivity contribution in [1.29, 1.82) is 0 Å². The molecule has 0 aromatic heterocycles. The molecule has 1 aliphatic rings. The van der Waals surface area contributed by atoms with Gasteiger partial charge in [0.2, 0.25) is 0 Å². The fourth-order valence-corrected chi connectivity index (χ4v) is 4.02. The van der Waals surface area contributed by atoms with Crippen molar-refractivity contribution >= 4 is 38.5 Å². The van der Waals surface area contributed by atoms with Crippen LogP contribution in [0, 0.1) is 9.49 Å². The molecule has 0 radical (unpaired) electrons. The van der Waals surface area contributed by atoms with Crippen LogP contribution in [0.1, 0.15) is 50.6 Å². The Balaban J connectivity index is 2.24. The predicted octanol–water partition coefficient (Wildman–Crippen LogP) is 5.28. The monoisotopic (exact) mass is 421 g/mol. The molecule has 2 rings (SSSR count). The van der Waals surface area contributed by atoms with Crippen molar-refractivity contribution in [3.8, 4) is 0 Å². The van der Waals surface area contributed by atoms with E-state index in [-0.39, 0.29) is 0 Å². The molecular weight excluding hydrogens is 401 g/mol. The lowest BCUT2D eigenvalue weighted by Crippen LogP contribution is -2.30. The predicted molar refractivity (Wildman–Crippen MR) is 89.9 cm³/mol. The number of hydrogen-bond acceptors (Lipinski definition) is 1. The Labute approximate surface area is 132 Å². The maximum absolute atomic E-state index is 3.71. The SMILES string of the molecule is CCNC(c1cc(Br)ccc1I)C1CCCCC1. The van der Waals surface area contributed by atoms with E-state index < -0.39 is 0 Å². The molecule has 1 aromatic carbocycles. The molecule has 1 aromatic rings. The summed E-state index contributed by atoms with van der Waals surface area (Å²) in [6, 6.07) is 7.17. The number of halogens is 2. The number of benzene rings is 1. The van der Waals surface area contributed by atoms with Crippen molar-refractivity contribution in [3.63, 3.8) is 0 Å². The lowest BCUT2D eigenvalue weighted by atomic mass is 9.81. The Kier molecular flexibility index (Phi) is 5.96. The number of nitrogens with one attached hydrogen (secondary N) is 1. The molecule has 1 aliphatic carbocycles. The largest absolute Gasteiger partial charge is 0.310 e. The van der Waals surface area contributed by atoms with Crippen LogP contribution in [0.5, 0.6) is 0 Å². The second-order valence-electron chi connectivity index (χ2n) is 5.10. The van der Waals surface area contributed by atoms with Gasteiger partial charge >= 0.3 is 0 Å². The molecule has 0 amide bonds. The Morgan fingerprint density at radius 2 is 2.06 bits per heavy atom. The van der Waals surface area contributed by atoms with Crippen LogP contribution >= 0.6 is 38.5 Å². The van der Waals surface area contributed by atoms with E-state index in [0.29, 0.717) is 6.04 Å². The summed E-state index contributed by atoms with van der Waals surface area (Å²) in [6.45, 7) is 3.25. The summed E-state index contributed by atoms with van der Waals surface area (Å²) >= 11 is 6.08. The van der Waals surface area contributed by atoms with Crippen LogP contribution in [0.15, 0.2) is 22.7 Å². The van der Waals surface area contributed by atoms with Gasteiger partial charge in [-0.1, -0.05) is 42.1 Å². The smallest absolute Gasteiger partial charge is 0.0359 e. The highest BCUT2D eigenvalue weighted by Crippen LogP contribution is 2.36. The lowest BCUT2D eigenvalue weighted by Gasteiger charge is -2.32. The first-order chi connectivity index (χ1) is 8.72. The molecule has 0 spiro atoms. The molecule has 1 atom stereocenters. The van der Waals surface area contributed by atoms with Gasteiger partial charge in [-0.3, -0.25) is 0 Å². The van der Waals surface area contributed by atoms with Crippen LogP contribution in [-0.4, -0.2) is 6.54 Å². The van der Waals surface area contributed by atoms with E-state index in [1.54, 1.807) is 0 Å². The van der Waals surface area contributed by atoms with Crippen molar-refractivity contribution in [3.05, 3.63) is 31.8 Å². The fraction of sp³-hybridized carbons (Fsp3) is 0.600. The van der Waals surface area contributed by atoms with Crippen molar-refractivity contribution in [2.45, 2.75) is 45.1 Å². The summed E-state index contributed by atoms with van der Waals surface area (Å²) in [5.41, 5.74) is 1.47. The number of rotatable bonds is 4. The van der Waals surface area contributed by atoms with Gasteiger partial charge in [0.15, 0.2) is 0 Å². The number of hydrogen-bond donors (Lipinski definition) is 1. The minimum atomic E-state index is 0.528. The van der Waals surface area contributed by atoms with E-state index in [0.717, 1.165) is 12.5 Å². The summed E-state index contributed by atoms with van der Waals surface area (Å²) in [4.78, 5) is 0. The Bertz CT molecular complexity index is 388. The van der Waals surface area contributed by atoms with Crippen molar-refractivity contribution < 1.29 is 0 Å². The van der Waals surface area contributed by atoms with Crippen LogP contribution in [-0.2, 0) is 0 Å². The zero-order valence-electron chi connectivity index (χ0n) is 10.9. The van der Waals surface area contributed by atoms with Crippen LogP contribution < -0.4 is 5.32 Å². The molecule has 1 unspecified atom stereocenters. The molecule has 1 nitrogen and oxygen atoms in total. The van der Waals surface area contributed by atoms with Gasteiger partial charge in [0.1, 0.15) is 0 Å². The van der Waals surface area contributed by atoms with Crippen LogP contribution in [0.25, 0.3) is 0 Å². The van der Waals surface area contributed by atoms with Crippen molar-refractivity contribution in [2.24, 2.45) is 5.92 Å². The summed E-state index contributed by atoms with van der Waals surface area (Å²) in [5.74, 6) is 0.807. The third-order valence-electron chi connectivity index (χ3n) is 3.84. The standard InChI is InChI=1S/C15H21BrIN/c1-2-18-15(11-6-4-3-5-7-11)13-10-12(16)8-9-14(13)17/h8-11,15,18H,2-7H2,1H3. The normalized spacial score (nSPS) is 18.8. The molecule has 0 bridgehead atoms. The van der Waals surface area contributed by atoms with Crippen molar-refractivity contribution in [2.75, 3.05) is 6.54 Å². The van der Waals surface area contributed by atoms with E-state index >= 15 is 0 Å². The first-order valence-electron chi connectivity index (χ1n) is 6.90. The molecule has 0 heterocycles. The Morgan fingerprint density at radius 1 is 1.33 bits per heavy atom. The first-order valence-corrected chi connectivity index (χ1v) is 8.78. The molecule has 1 N–H and O–H groups in total. The third-order valence-corrected chi connectivity index (χ3v) is 5.31. The van der Waals surface area contributed by atoms with Gasteiger partial charge < -0.3 is 5.32 Å². The van der Waals surface area contributed by atoms with E-state index in [4.69, 9.17) is 0 Å². The van der Waals surface area contributed by atoms with Gasteiger partial charge in [-0.2, -0.15) is 0 Å². The summed E-state index contributed by atoms with van der Waals surface area (Å²) in [7, 11) is 0. The van der Waals surface area contributed by atoms with E-state index in [1.807, 2.05) is 0 Å². The fourth-order valence-electron chi connectivity index (χ4n) is 2.97.